The lowest BCUT2D eigenvalue weighted by Gasteiger charge is -2.27. The average Bonchev–Trinajstić information content (AvgIpc) is 2.67. The predicted octanol–water partition coefficient (Wildman–Crippen LogP) is 3.77. The SMILES string of the molecule is C=C[C@@H](OC1=CC=C(C)[C@H](C(=O)OC)O1)[C@@H](C)COCc1ccccc1. The molecule has 0 radical (unpaired) electrons. The minimum absolute atomic E-state index is 0.0595. The quantitative estimate of drug-likeness (QED) is 0.497. The molecule has 5 heteroatoms. The molecule has 0 spiro atoms. The van der Waals surface area contributed by atoms with Crippen LogP contribution in [0.25, 0.3) is 0 Å². The molecule has 0 unspecified atom stereocenters. The minimum Gasteiger partial charge on any atom is -0.466 e. The van der Waals surface area contributed by atoms with Crippen LogP contribution in [-0.4, -0.2) is 31.9 Å². The molecule has 1 aromatic carbocycles. The average molecular weight is 358 g/mol. The van der Waals surface area contributed by atoms with E-state index in [9.17, 15) is 4.79 Å². The van der Waals surface area contributed by atoms with E-state index in [-0.39, 0.29) is 18.0 Å². The Kier molecular flexibility index (Phi) is 7.48. The number of rotatable bonds is 9. The summed E-state index contributed by atoms with van der Waals surface area (Å²) < 4.78 is 22.0. The number of allylic oxidation sites excluding steroid dienone is 2. The molecule has 0 saturated heterocycles. The molecule has 5 nitrogen and oxygen atoms in total. The van der Waals surface area contributed by atoms with Crippen LogP contribution >= 0.6 is 0 Å². The summed E-state index contributed by atoms with van der Waals surface area (Å²) in [6.07, 6.45) is 4.11. The lowest BCUT2D eigenvalue weighted by Crippen LogP contribution is -2.31. The van der Waals surface area contributed by atoms with Gasteiger partial charge in [0.25, 0.3) is 5.95 Å². The van der Waals surface area contributed by atoms with Gasteiger partial charge in [-0.2, -0.15) is 0 Å². The molecule has 1 aromatic rings. The van der Waals surface area contributed by atoms with Crippen LogP contribution in [0.2, 0.25) is 0 Å². The van der Waals surface area contributed by atoms with Crippen LogP contribution in [0.15, 0.2) is 66.7 Å². The zero-order valence-corrected chi connectivity index (χ0v) is 15.5. The number of hydrogen-bond acceptors (Lipinski definition) is 5. The number of esters is 1. The van der Waals surface area contributed by atoms with Crippen molar-refractivity contribution in [3.05, 3.63) is 72.2 Å². The summed E-state index contributed by atoms with van der Waals surface area (Å²) in [7, 11) is 1.33. The van der Waals surface area contributed by atoms with E-state index in [4.69, 9.17) is 18.9 Å². The lowest BCUT2D eigenvalue weighted by atomic mass is 10.1. The minimum atomic E-state index is -0.782. The molecule has 26 heavy (non-hydrogen) atoms. The molecule has 0 bridgehead atoms. The van der Waals surface area contributed by atoms with Crippen LogP contribution in [0, 0.1) is 5.92 Å². The highest BCUT2D eigenvalue weighted by Crippen LogP contribution is 2.23. The van der Waals surface area contributed by atoms with Crippen molar-refractivity contribution < 1.29 is 23.7 Å². The normalized spacial score (nSPS) is 18.7. The van der Waals surface area contributed by atoms with Crippen molar-refractivity contribution in [2.24, 2.45) is 5.92 Å². The summed E-state index contributed by atoms with van der Waals surface area (Å²) >= 11 is 0. The molecule has 0 saturated carbocycles. The molecule has 3 atom stereocenters. The van der Waals surface area contributed by atoms with Gasteiger partial charge in [0.1, 0.15) is 6.10 Å². The van der Waals surface area contributed by atoms with Crippen molar-refractivity contribution in [3.8, 4) is 0 Å². The molecule has 2 rings (SSSR count). The summed E-state index contributed by atoms with van der Waals surface area (Å²) in [5, 5.41) is 0. The van der Waals surface area contributed by atoms with Gasteiger partial charge >= 0.3 is 5.97 Å². The molecular weight excluding hydrogens is 332 g/mol. The van der Waals surface area contributed by atoms with E-state index in [1.807, 2.05) is 37.3 Å². The number of ether oxygens (including phenoxy) is 4. The van der Waals surface area contributed by atoms with Crippen molar-refractivity contribution in [1.82, 2.24) is 0 Å². The summed E-state index contributed by atoms with van der Waals surface area (Å²) in [5.41, 5.74) is 1.88. The van der Waals surface area contributed by atoms with Gasteiger partial charge < -0.3 is 18.9 Å². The van der Waals surface area contributed by atoms with Gasteiger partial charge in [0.05, 0.1) is 20.3 Å². The molecule has 0 fully saturated rings. The maximum Gasteiger partial charge on any atom is 0.351 e. The van der Waals surface area contributed by atoms with Gasteiger partial charge in [-0.15, -0.1) is 0 Å². The Bertz CT molecular complexity index is 662. The molecular formula is C21H26O5. The first kappa shape index (κ1) is 19.8. The van der Waals surface area contributed by atoms with Crippen molar-refractivity contribution in [3.63, 3.8) is 0 Å². The molecule has 1 aliphatic rings. The highest BCUT2D eigenvalue weighted by atomic mass is 16.7. The van der Waals surface area contributed by atoms with Crippen molar-refractivity contribution in [1.29, 1.82) is 0 Å². The summed E-state index contributed by atoms with van der Waals surface area (Å²) in [6, 6.07) is 9.99. The van der Waals surface area contributed by atoms with E-state index in [1.54, 1.807) is 25.2 Å². The number of hydrogen-bond donors (Lipinski definition) is 0. The third kappa shape index (κ3) is 5.49. The molecule has 0 aliphatic carbocycles. The monoisotopic (exact) mass is 358 g/mol. The number of benzene rings is 1. The largest absolute Gasteiger partial charge is 0.466 e. The first-order valence-electron chi connectivity index (χ1n) is 8.59. The Hall–Kier alpha value is -2.53. The fraction of sp³-hybridized carbons (Fsp3) is 0.381. The van der Waals surface area contributed by atoms with Gasteiger partial charge in [0, 0.05) is 12.0 Å². The highest BCUT2D eigenvalue weighted by molar-refractivity contribution is 5.78. The zero-order valence-electron chi connectivity index (χ0n) is 15.5. The Morgan fingerprint density at radius 1 is 1.31 bits per heavy atom. The summed E-state index contributed by atoms with van der Waals surface area (Å²) in [5.74, 6) is -0.127. The van der Waals surface area contributed by atoms with E-state index in [1.165, 1.54) is 7.11 Å². The second-order valence-corrected chi connectivity index (χ2v) is 6.21. The molecule has 0 aromatic heterocycles. The first-order chi connectivity index (χ1) is 12.5. The van der Waals surface area contributed by atoms with Crippen LogP contribution in [-0.2, 0) is 30.3 Å². The van der Waals surface area contributed by atoms with E-state index < -0.39 is 12.1 Å². The fourth-order valence-electron chi connectivity index (χ4n) is 2.51. The number of carbonyl (C=O) groups is 1. The molecule has 1 heterocycles. The van der Waals surface area contributed by atoms with E-state index in [0.29, 0.717) is 13.2 Å². The van der Waals surface area contributed by atoms with Gasteiger partial charge in [-0.05, 0) is 18.1 Å². The van der Waals surface area contributed by atoms with Crippen molar-refractivity contribution >= 4 is 5.97 Å². The van der Waals surface area contributed by atoms with Crippen LogP contribution in [0.1, 0.15) is 19.4 Å². The summed E-state index contributed by atoms with van der Waals surface area (Å²) in [6.45, 7) is 8.70. The van der Waals surface area contributed by atoms with Gasteiger partial charge in [0.2, 0.25) is 6.10 Å². The maximum absolute atomic E-state index is 11.8. The molecule has 0 N–H and O–H groups in total. The second kappa shape index (κ2) is 9.82. The van der Waals surface area contributed by atoms with Gasteiger partial charge in [0.15, 0.2) is 0 Å². The van der Waals surface area contributed by atoms with Gasteiger partial charge in [-0.3, -0.25) is 0 Å². The number of methoxy groups -OCH3 is 1. The van der Waals surface area contributed by atoms with Crippen molar-refractivity contribution in [2.75, 3.05) is 13.7 Å². The third-order valence-corrected chi connectivity index (χ3v) is 4.08. The number of carbonyl (C=O) groups excluding carboxylic acids is 1. The van der Waals surface area contributed by atoms with E-state index in [0.717, 1.165) is 11.1 Å². The molecule has 0 amide bonds. The fourth-order valence-corrected chi connectivity index (χ4v) is 2.51. The molecule has 1 aliphatic heterocycles. The van der Waals surface area contributed by atoms with Gasteiger partial charge in [-0.1, -0.05) is 56.0 Å². The Balaban J connectivity index is 1.87. The van der Waals surface area contributed by atoms with Crippen LogP contribution in [0.4, 0.5) is 0 Å². The Morgan fingerprint density at radius 3 is 2.69 bits per heavy atom. The second-order valence-electron chi connectivity index (χ2n) is 6.21. The van der Waals surface area contributed by atoms with Crippen LogP contribution < -0.4 is 0 Å². The standard InChI is InChI=1S/C21H26O5/c1-5-18(16(3)13-24-14-17-9-7-6-8-10-17)25-19-12-11-15(2)20(26-19)21(22)23-4/h5-12,16,18,20H,1,13-14H2,2-4H3/t16-,18+,20+/m0/s1. The van der Waals surface area contributed by atoms with Crippen LogP contribution in [0.3, 0.4) is 0 Å². The van der Waals surface area contributed by atoms with Crippen LogP contribution in [0.5, 0.6) is 0 Å². The zero-order chi connectivity index (χ0) is 18.9. The molecule has 140 valence electrons. The predicted molar refractivity (Wildman–Crippen MR) is 99.1 cm³/mol. The van der Waals surface area contributed by atoms with Crippen molar-refractivity contribution in [2.45, 2.75) is 32.7 Å². The van der Waals surface area contributed by atoms with E-state index in [2.05, 4.69) is 6.58 Å². The van der Waals surface area contributed by atoms with Gasteiger partial charge in [-0.25, -0.2) is 4.79 Å². The maximum atomic E-state index is 11.8. The first-order valence-corrected chi connectivity index (χ1v) is 8.59. The Labute approximate surface area is 154 Å². The lowest BCUT2D eigenvalue weighted by molar-refractivity contribution is -0.154. The smallest absolute Gasteiger partial charge is 0.351 e. The topological polar surface area (TPSA) is 54.0 Å². The highest BCUT2D eigenvalue weighted by Gasteiger charge is 2.28. The Morgan fingerprint density at radius 2 is 2.04 bits per heavy atom. The summed E-state index contributed by atoms with van der Waals surface area (Å²) in [4.78, 5) is 11.8. The third-order valence-electron chi connectivity index (χ3n) is 4.08. The van der Waals surface area contributed by atoms with E-state index >= 15 is 0 Å².